The molecule has 2 rings (SSSR count). The van der Waals surface area contributed by atoms with Gasteiger partial charge in [0.25, 0.3) is 0 Å². The van der Waals surface area contributed by atoms with Gasteiger partial charge in [0.1, 0.15) is 0 Å². The van der Waals surface area contributed by atoms with E-state index in [4.69, 9.17) is 0 Å². The van der Waals surface area contributed by atoms with Crippen molar-refractivity contribution in [3.05, 3.63) is 60.2 Å². The predicted molar refractivity (Wildman–Crippen MR) is 108 cm³/mol. The molecule has 3 N–H and O–H groups in total. The van der Waals surface area contributed by atoms with E-state index in [1.54, 1.807) is 13.8 Å². The summed E-state index contributed by atoms with van der Waals surface area (Å²) in [6.07, 6.45) is 0.0541. The number of sulfonamides is 1. The summed E-state index contributed by atoms with van der Waals surface area (Å²) in [5.74, 6) is -0.521. The van der Waals surface area contributed by atoms with Gasteiger partial charge in [-0.15, -0.1) is 0 Å². The van der Waals surface area contributed by atoms with Crippen LogP contribution in [0.2, 0.25) is 0 Å². The van der Waals surface area contributed by atoms with E-state index in [2.05, 4.69) is 15.4 Å². The Labute approximate surface area is 165 Å². The number of hydrogen-bond donors (Lipinski definition) is 3. The van der Waals surface area contributed by atoms with E-state index in [1.807, 2.05) is 30.3 Å². The number of rotatable bonds is 8. The topological polar surface area (TPSA) is 104 Å². The summed E-state index contributed by atoms with van der Waals surface area (Å²) >= 11 is 0. The maximum Gasteiger partial charge on any atom is 0.240 e. The zero-order chi connectivity index (χ0) is 20.7. The Morgan fingerprint density at radius 3 is 2.11 bits per heavy atom. The largest absolute Gasteiger partial charge is 0.349 e. The van der Waals surface area contributed by atoms with Gasteiger partial charge in [0.15, 0.2) is 0 Å². The number of benzene rings is 2. The third-order valence-corrected chi connectivity index (χ3v) is 5.48. The molecule has 0 heterocycles. The molecule has 8 heteroatoms. The lowest BCUT2D eigenvalue weighted by Crippen LogP contribution is -2.30. The summed E-state index contributed by atoms with van der Waals surface area (Å²) in [6, 6.07) is 14.5. The molecule has 2 amide bonds. The third kappa shape index (κ3) is 6.47. The first kappa shape index (κ1) is 21.6. The number of hydrogen-bond acceptors (Lipinski definition) is 4. The van der Waals surface area contributed by atoms with Gasteiger partial charge >= 0.3 is 0 Å². The van der Waals surface area contributed by atoms with Crippen LogP contribution < -0.4 is 15.4 Å². The van der Waals surface area contributed by atoms with Crippen molar-refractivity contribution in [3.63, 3.8) is 0 Å². The van der Waals surface area contributed by atoms with E-state index in [0.29, 0.717) is 5.69 Å². The van der Waals surface area contributed by atoms with Gasteiger partial charge in [-0.25, -0.2) is 13.1 Å². The van der Waals surface area contributed by atoms with Crippen LogP contribution >= 0.6 is 0 Å². The quantitative estimate of drug-likeness (QED) is 0.630. The lowest BCUT2D eigenvalue weighted by atomic mass is 10.0. The van der Waals surface area contributed by atoms with Crippen molar-refractivity contribution >= 4 is 27.5 Å². The van der Waals surface area contributed by atoms with Crippen molar-refractivity contribution in [2.75, 3.05) is 5.32 Å². The molecule has 2 aromatic carbocycles. The Kier molecular flexibility index (Phi) is 7.31. The Balaban J connectivity index is 2.06. The van der Waals surface area contributed by atoms with E-state index >= 15 is 0 Å². The molecular formula is C20H25N3O4S. The van der Waals surface area contributed by atoms with Crippen molar-refractivity contribution in [1.29, 1.82) is 0 Å². The zero-order valence-corrected chi connectivity index (χ0v) is 16.9. The highest BCUT2D eigenvalue weighted by Gasteiger charge is 2.18. The summed E-state index contributed by atoms with van der Waals surface area (Å²) in [5, 5.41) is 5.50. The monoisotopic (exact) mass is 403 g/mol. The molecule has 0 aliphatic carbocycles. The van der Waals surface area contributed by atoms with Gasteiger partial charge in [-0.1, -0.05) is 30.3 Å². The molecule has 0 aliphatic rings. The number of amides is 2. The number of anilines is 1. The maximum absolute atomic E-state index is 12.4. The van der Waals surface area contributed by atoms with Crippen molar-refractivity contribution in [3.8, 4) is 0 Å². The summed E-state index contributed by atoms with van der Waals surface area (Å²) in [4.78, 5) is 24.0. The van der Waals surface area contributed by atoms with Crippen molar-refractivity contribution in [2.24, 2.45) is 0 Å². The van der Waals surface area contributed by atoms with Crippen LogP contribution in [0.25, 0.3) is 0 Å². The highest BCUT2D eigenvalue weighted by atomic mass is 32.2. The molecule has 0 saturated carbocycles. The van der Waals surface area contributed by atoms with Crippen LogP contribution in [0.3, 0.4) is 0 Å². The molecule has 28 heavy (non-hydrogen) atoms. The average molecular weight is 404 g/mol. The molecule has 0 spiro atoms. The zero-order valence-electron chi connectivity index (χ0n) is 16.1. The second kappa shape index (κ2) is 9.48. The molecule has 0 aromatic heterocycles. The summed E-state index contributed by atoms with van der Waals surface area (Å²) < 4.78 is 26.8. The van der Waals surface area contributed by atoms with E-state index in [9.17, 15) is 18.0 Å². The standard InChI is InChI=1S/C20H25N3O4S/c1-14(2)23-28(26,27)18-11-9-17(10-12-18)22-20(25)13-19(21-15(3)24)16-7-5-4-6-8-16/h4-12,14,19,23H,13H2,1-3H3,(H,21,24)(H,22,25)/t19-/m1/s1. The van der Waals surface area contributed by atoms with Crippen LogP contribution in [0.5, 0.6) is 0 Å². The van der Waals surface area contributed by atoms with Gasteiger partial charge < -0.3 is 10.6 Å². The summed E-state index contributed by atoms with van der Waals surface area (Å²) in [7, 11) is -3.58. The normalized spacial score (nSPS) is 12.4. The molecule has 7 nitrogen and oxygen atoms in total. The van der Waals surface area contributed by atoms with E-state index in [0.717, 1.165) is 5.56 Å². The van der Waals surface area contributed by atoms with Crippen LogP contribution in [-0.4, -0.2) is 26.3 Å². The van der Waals surface area contributed by atoms with Crippen LogP contribution in [0, 0.1) is 0 Å². The molecule has 0 saturated heterocycles. The SMILES string of the molecule is CC(=O)N[C@H](CC(=O)Nc1ccc(S(=O)(=O)NC(C)C)cc1)c1ccccc1. The van der Waals surface area contributed by atoms with Crippen molar-refractivity contribution < 1.29 is 18.0 Å². The first-order chi connectivity index (χ1) is 13.2. The van der Waals surface area contributed by atoms with Crippen LogP contribution in [0.15, 0.2) is 59.5 Å². The van der Waals surface area contributed by atoms with Crippen molar-refractivity contribution in [2.45, 2.75) is 44.2 Å². The second-order valence-electron chi connectivity index (χ2n) is 6.72. The van der Waals surface area contributed by atoms with Gasteiger partial charge in [0, 0.05) is 18.7 Å². The first-order valence-corrected chi connectivity index (χ1v) is 10.4. The lowest BCUT2D eigenvalue weighted by Gasteiger charge is -2.18. The first-order valence-electron chi connectivity index (χ1n) is 8.91. The minimum atomic E-state index is -3.58. The Hall–Kier alpha value is -2.71. The van der Waals surface area contributed by atoms with Crippen molar-refractivity contribution in [1.82, 2.24) is 10.0 Å². The van der Waals surface area contributed by atoms with E-state index < -0.39 is 16.1 Å². The molecule has 0 radical (unpaired) electrons. The van der Waals surface area contributed by atoms with Crippen LogP contribution in [-0.2, 0) is 19.6 Å². The highest BCUT2D eigenvalue weighted by molar-refractivity contribution is 7.89. The van der Waals surface area contributed by atoms with E-state index in [-0.39, 0.29) is 29.2 Å². The molecular weight excluding hydrogens is 378 g/mol. The second-order valence-corrected chi connectivity index (χ2v) is 8.43. The third-order valence-electron chi connectivity index (χ3n) is 3.81. The summed E-state index contributed by atoms with van der Waals surface area (Å²) in [5.41, 5.74) is 1.30. The predicted octanol–water partition coefficient (Wildman–Crippen LogP) is 2.58. The molecule has 2 aromatic rings. The van der Waals surface area contributed by atoms with Gasteiger partial charge in [0.05, 0.1) is 17.4 Å². The Morgan fingerprint density at radius 2 is 1.57 bits per heavy atom. The fourth-order valence-electron chi connectivity index (χ4n) is 2.68. The van der Waals surface area contributed by atoms with E-state index in [1.165, 1.54) is 31.2 Å². The molecule has 150 valence electrons. The molecule has 0 aliphatic heterocycles. The van der Waals surface area contributed by atoms with Gasteiger partial charge in [-0.2, -0.15) is 0 Å². The van der Waals surface area contributed by atoms with Gasteiger partial charge in [0.2, 0.25) is 21.8 Å². The number of carbonyl (C=O) groups is 2. The number of nitrogens with one attached hydrogen (secondary N) is 3. The fourth-order valence-corrected chi connectivity index (χ4v) is 3.93. The smallest absolute Gasteiger partial charge is 0.240 e. The lowest BCUT2D eigenvalue weighted by molar-refractivity contribution is -0.120. The number of carbonyl (C=O) groups excluding carboxylic acids is 2. The Bertz CT molecular complexity index is 910. The Morgan fingerprint density at radius 1 is 0.964 bits per heavy atom. The molecule has 0 unspecified atom stereocenters. The minimum Gasteiger partial charge on any atom is -0.349 e. The fraction of sp³-hybridized carbons (Fsp3) is 0.300. The highest BCUT2D eigenvalue weighted by Crippen LogP contribution is 2.19. The van der Waals surface area contributed by atoms with Gasteiger partial charge in [-0.05, 0) is 43.7 Å². The average Bonchev–Trinajstić information content (AvgIpc) is 2.61. The maximum atomic E-state index is 12.4. The minimum absolute atomic E-state index is 0.0541. The van der Waals surface area contributed by atoms with Gasteiger partial charge in [-0.3, -0.25) is 9.59 Å². The molecule has 0 bridgehead atoms. The summed E-state index contributed by atoms with van der Waals surface area (Å²) in [6.45, 7) is 4.88. The van der Waals surface area contributed by atoms with Crippen LogP contribution in [0.1, 0.15) is 38.8 Å². The molecule has 0 fully saturated rings. The van der Waals surface area contributed by atoms with Crippen LogP contribution in [0.4, 0.5) is 5.69 Å². The molecule has 1 atom stereocenters.